The Morgan fingerprint density at radius 1 is 1.18 bits per heavy atom. The fourth-order valence-electron chi connectivity index (χ4n) is 2.64. The molecule has 1 amide bonds. The maximum atomic E-state index is 12.3. The zero-order valence-corrected chi connectivity index (χ0v) is 16.9. The molecule has 2 aromatic carbocycles. The number of nitrogens with one attached hydrogen (secondary N) is 1. The first-order valence-corrected chi connectivity index (χ1v) is 10.2. The predicted molar refractivity (Wildman–Crippen MR) is 112 cm³/mol. The van der Waals surface area contributed by atoms with Crippen molar-refractivity contribution in [3.63, 3.8) is 0 Å². The van der Waals surface area contributed by atoms with E-state index in [-0.39, 0.29) is 11.2 Å². The summed E-state index contributed by atoms with van der Waals surface area (Å²) in [7, 11) is 1.63. The van der Waals surface area contributed by atoms with Gasteiger partial charge in [0, 0.05) is 17.9 Å². The molecule has 1 N–H and O–H groups in total. The summed E-state index contributed by atoms with van der Waals surface area (Å²) in [5.74, 6) is 2.02. The van der Waals surface area contributed by atoms with Gasteiger partial charge in [-0.25, -0.2) is 4.98 Å². The van der Waals surface area contributed by atoms with E-state index in [1.165, 1.54) is 5.56 Å². The van der Waals surface area contributed by atoms with Gasteiger partial charge in [0.15, 0.2) is 0 Å². The number of carbonyl (C=O) groups excluding carboxylic acids is 1. The van der Waals surface area contributed by atoms with Crippen molar-refractivity contribution in [1.29, 1.82) is 0 Å². The average molecular weight is 397 g/mol. The molecule has 1 atom stereocenters. The molecule has 28 heavy (non-hydrogen) atoms. The first kappa shape index (κ1) is 20.0. The number of ether oxygens (including phenoxy) is 1. The molecular weight excluding hydrogens is 372 g/mol. The summed E-state index contributed by atoms with van der Waals surface area (Å²) in [6.07, 6.45) is 2.48. The summed E-state index contributed by atoms with van der Waals surface area (Å²) < 4.78 is 10.7. The average Bonchev–Trinajstić information content (AvgIpc) is 3.22. The van der Waals surface area contributed by atoms with Gasteiger partial charge in [-0.2, -0.15) is 0 Å². The van der Waals surface area contributed by atoms with Crippen LogP contribution in [-0.2, 0) is 17.0 Å². The smallest absolute Gasteiger partial charge is 0.232 e. The molecule has 0 spiro atoms. The first-order valence-electron chi connectivity index (χ1n) is 9.18. The van der Waals surface area contributed by atoms with Crippen LogP contribution in [0.15, 0.2) is 65.3 Å². The van der Waals surface area contributed by atoms with Crippen molar-refractivity contribution in [3.8, 4) is 17.2 Å². The van der Waals surface area contributed by atoms with Crippen LogP contribution in [0.1, 0.15) is 18.2 Å². The van der Waals surface area contributed by atoms with Gasteiger partial charge in [-0.15, -0.1) is 11.8 Å². The molecule has 3 aromatic rings. The minimum absolute atomic E-state index is 0.0415. The van der Waals surface area contributed by atoms with Gasteiger partial charge in [-0.3, -0.25) is 4.79 Å². The number of carbonyl (C=O) groups is 1. The summed E-state index contributed by atoms with van der Waals surface area (Å²) in [5.41, 5.74) is 2.93. The quantitative estimate of drug-likeness (QED) is 0.583. The van der Waals surface area contributed by atoms with Gasteiger partial charge in [-0.1, -0.05) is 30.3 Å². The van der Waals surface area contributed by atoms with Crippen LogP contribution < -0.4 is 10.1 Å². The molecular formula is C22H24N2O3S. The molecule has 0 aliphatic carbocycles. The molecule has 0 aliphatic rings. The fraction of sp³-hybridized carbons (Fsp3) is 0.273. The summed E-state index contributed by atoms with van der Waals surface area (Å²) in [4.78, 5) is 16.8. The molecule has 1 unspecified atom stereocenters. The van der Waals surface area contributed by atoms with Gasteiger partial charge >= 0.3 is 0 Å². The van der Waals surface area contributed by atoms with Gasteiger partial charge in [0.25, 0.3) is 0 Å². The van der Waals surface area contributed by atoms with Crippen LogP contribution in [0.4, 0.5) is 0 Å². The van der Waals surface area contributed by atoms with Crippen molar-refractivity contribution in [2.45, 2.75) is 24.3 Å². The second kappa shape index (κ2) is 9.99. The van der Waals surface area contributed by atoms with Crippen LogP contribution in [0, 0.1) is 0 Å². The summed E-state index contributed by atoms with van der Waals surface area (Å²) in [6, 6.07) is 17.7. The normalized spacial score (nSPS) is 11.8. The second-order valence-electron chi connectivity index (χ2n) is 6.35. The van der Waals surface area contributed by atoms with E-state index in [4.69, 9.17) is 9.15 Å². The van der Waals surface area contributed by atoms with Gasteiger partial charge in [-0.05, 0) is 43.2 Å². The molecule has 1 aromatic heterocycles. The van der Waals surface area contributed by atoms with Crippen LogP contribution in [0.25, 0.3) is 11.5 Å². The van der Waals surface area contributed by atoms with E-state index in [0.29, 0.717) is 18.2 Å². The van der Waals surface area contributed by atoms with E-state index in [0.717, 1.165) is 23.4 Å². The lowest BCUT2D eigenvalue weighted by atomic mass is 10.1. The second-order valence-corrected chi connectivity index (χ2v) is 7.68. The van der Waals surface area contributed by atoms with E-state index in [1.54, 1.807) is 25.1 Å². The molecule has 0 fully saturated rings. The van der Waals surface area contributed by atoms with Gasteiger partial charge in [0.2, 0.25) is 11.8 Å². The van der Waals surface area contributed by atoms with Crippen molar-refractivity contribution >= 4 is 17.7 Å². The zero-order chi connectivity index (χ0) is 19.8. The van der Waals surface area contributed by atoms with E-state index < -0.39 is 0 Å². The predicted octanol–water partition coefficient (Wildman–Crippen LogP) is 4.33. The monoisotopic (exact) mass is 396 g/mol. The zero-order valence-electron chi connectivity index (χ0n) is 16.1. The Morgan fingerprint density at radius 2 is 1.93 bits per heavy atom. The standard InChI is InChI=1S/C22H24N2O3S/c1-16(21(25)23-13-12-17-6-4-3-5-7-17)28-15-19-14-27-22(24-19)18-8-10-20(26-2)11-9-18/h3-11,14,16H,12-13,15H2,1-2H3,(H,23,25). The van der Waals surface area contributed by atoms with E-state index in [1.807, 2.05) is 49.4 Å². The molecule has 1 heterocycles. The Bertz CT molecular complexity index is 878. The molecule has 5 nitrogen and oxygen atoms in total. The number of rotatable bonds is 9. The highest BCUT2D eigenvalue weighted by Crippen LogP contribution is 2.24. The summed E-state index contributed by atoms with van der Waals surface area (Å²) in [6.45, 7) is 2.55. The Labute approximate surface area is 169 Å². The molecule has 0 saturated heterocycles. The largest absolute Gasteiger partial charge is 0.497 e. The first-order chi connectivity index (χ1) is 13.7. The van der Waals surface area contributed by atoms with Crippen molar-refractivity contribution in [2.24, 2.45) is 0 Å². The SMILES string of the molecule is COc1ccc(-c2nc(CSC(C)C(=O)NCCc3ccccc3)co2)cc1. The third-order valence-corrected chi connectivity index (χ3v) is 5.47. The van der Waals surface area contributed by atoms with Gasteiger partial charge < -0.3 is 14.5 Å². The van der Waals surface area contributed by atoms with Crippen LogP contribution >= 0.6 is 11.8 Å². The lowest BCUT2D eigenvalue weighted by Crippen LogP contribution is -2.32. The number of nitrogens with zero attached hydrogens (tertiary/aromatic N) is 1. The van der Waals surface area contributed by atoms with Crippen LogP contribution in [0.3, 0.4) is 0 Å². The maximum Gasteiger partial charge on any atom is 0.232 e. The molecule has 146 valence electrons. The van der Waals surface area contributed by atoms with Crippen LogP contribution in [0.5, 0.6) is 5.75 Å². The van der Waals surface area contributed by atoms with Crippen molar-refractivity contribution in [3.05, 3.63) is 72.1 Å². The van der Waals surface area contributed by atoms with E-state index >= 15 is 0 Å². The van der Waals surface area contributed by atoms with Crippen molar-refractivity contribution in [1.82, 2.24) is 10.3 Å². The van der Waals surface area contributed by atoms with Gasteiger partial charge in [0.1, 0.15) is 12.0 Å². The third-order valence-electron chi connectivity index (χ3n) is 4.29. The molecule has 3 rings (SSSR count). The highest BCUT2D eigenvalue weighted by molar-refractivity contribution is 7.99. The third kappa shape index (κ3) is 5.63. The molecule has 6 heteroatoms. The van der Waals surface area contributed by atoms with E-state index in [9.17, 15) is 4.79 Å². The fourth-order valence-corrected chi connectivity index (χ4v) is 3.43. The molecule has 0 bridgehead atoms. The summed E-state index contributed by atoms with van der Waals surface area (Å²) >= 11 is 1.54. The number of hydrogen-bond donors (Lipinski definition) is 1. The number of amides is 1. The minimum Gasteiger partial charge on any atom is -0.497 e. The van der Waals surface area contributed by atoms with Crippen molar-refractivity contribution in [2.75, 3.05) is 13.7 Å². The summed E-state index contributed by atoms with van der Waals surface area (Å²) in [5, 5.41) is 2.84. The Hall–Kier alpha value is -2.73. The van der Waals surface area contributed by atoms with Crippen molar-refractivity contribution < 1.29 is 13.9 Å². The lowest BCUT2D eigenvalue weighted by Gasteiger charge is -2.11. The number of benzene rings is 2. The molecule has 0 radical (unpaired) electrons. The number of methoxy groups -OCH3 is 1. The topological polar surface area (TPSA) is 64.4 Å². The number of hydrogen-bond acceptors (Lipinski definition) is 5. The minimum atomic E-state index is -0.156. The number of oxazole rings is 1. The van der Waals surface area contributed by atoms with Crippen LogP contribution in [-0.4, -0.2) is 29.8 Å². The highest BCUT2D eigenvalue weighted by Gasteiger charge is 2.15. The number of thioether (sulfide) groups is 1. The van der Waals surface area contributed by atoms with Gasteiger partial charge in [0.05, 0.1) is 18.1 Å². The Morgan fingerprint density at radius 3 is 2.64 bits per heavy atom. The lowest BCUT2D eigenvalue weighted by molar-refractivity contribution is -0.120. The van der Waals surface area contributed by atoms with Crippen LogP contribution in [0.2, 0.25) is 0 Å². The number of aromatic nitrogens is 1. The molecule has 0 saturated carbocycles. The van der Waals surface area contributed by atoms with E-state index in [2.05, 4.69) is 22.4 Å². The highest BCUT2D eigenvalue weighted by atomic mass is 32.2. The maximum absolute atomic E-state index is 12.3. The Balaban J connectivity index is 1.44. The Kier molecular flexibility index (Phi) is 7.14. The molecule has 0 aliphatic heterocycles.